The van der Waals surface area contributed by atoms with Gasteiger partial charge in [0, 0.05) is 55.8 Å². The van der Waals surface area contributed by atoms with Gasteiger partial charge in [-0.3, -0.25) is 15.1 Å². The number of benzene rings is 2. The van der Waals surface area contributed by atoms with Crippen molar-refractivity contribution in [1.82, 2.24) is 4.90 Å². The van der Waals surface area contributed by atoms with E-state index in [0.29, 0.717) is 5.69 Å². The third-order valence-corrected chi connectivity index (χ3v) is 5.28. The Labute approximate surface area is 178 Å². The Balaban J connectivity index is 0.00000280. The highest BCUT2D eigenvalue weighted by atomic mass is 79.9. The second-order valence-corrected chi connectivity index (χ2v) is 7.17. The maximum atomic E-state index is 11.0. The van der Waals surface area contributed by atoms with Gasteiger partial charge in [-0.1, -0.05) is 6.92 Å². The molecule has 0 spiro atoms. The molecule has 3 rings (SSSR count). The molecule has 1 heterocycles. The number of likely N-dealkylation sites (N-methyl/N-ethyl adjacent to an activating group) is 1. The van der Waals surface area contributed by atoms with Crippen LogP contribution in [0, 0.1) is 10.1 Å². The van der Waals surface area contributed by atoms with Crippen LogP contribution >= 0.6 is 28.3 Å². The zero-order chi connectivity index (χ0) is 19.4. The summed E-state index contributed by atoms with van der Waals surface area (Å²) in [6, 6.07) is 10.4. The largest absolute Gasteiger partial charge is 0.506 e. The van der Waals surface area contributed by atoms with Gasteiger partial charge in [-0.05, 0) is 46.7 Å². The van der Waals surface area contributed by atoms with Crippen LogP contribution in [-0.2, 0) is 0 Å². The monoisotopic (exact) mass is 468 g/mol. The summed E-state index contributed by atoms with van der Waals surface area (Å²) in [5, 5.41) is 21.0. The molecule has 0 atom stereocenters. The number of rotatable bonds is 5. The molecule has 2 aromatic rings. The van der Waals surface area contributed by atoms with Crippen LogP contribution in [0.1, 0.15) is 12.5 Å². The number of anilines is 1. The van der Waals surface area contributed by atoms with Crippen molar-refractivity contribution in [2.75, 3.05) is 37.6 Å². The second kappa shape index (κ2) is 9.86. The standard InChI is InChI=1S/C19H21BrN4O3.ClH/c1-2-22-7-9-23(10-8-22)16-5-3-15(4-6-16)21-13-14-11-17(24(26)27)12-18(20)19(14)25;/h3-6,11-13,25H,2,7-10H2,1H3;1H. The second-order valence-electron chi connectivity index (χ2n) is 6.32. The number of aromatic hydroxyl groups is 1. The summed E-state index contributed by atoms with van der Waals surface area (Å²) in [5.41, 5.74) is 2.05. The molecule has 1 aliphatic heterocycles. The summed E-state index contributed by atoms with van der Waals surface area (Å²) in [5.74, 6) is -0.0743. The minimum atomic E-state index is -0.505. The van der Waals surface area contributed by atoms with Crippen LogP contribution in [0.15, 0.2) is 45.9 Å². The first-order valence-electron chi connectivity index (χ1n) is 8.76. The van der Waals surface area contributed by atoms with Crippen molar-refractivity contribution >= 4 is 51.6 Å². The fourth-order valence-electron chi connectivity index (χ4n) is 3.03. The number of nitro benzene ring substituents is 1. The fourth-order valence-corrected chi connectivity index (χ4v) is 3.49. The molecule has 0 aromatic heterocycles. The Morgan fingerprint density at radius 3 is 2.43 bits per heavy atom. The van der Waals surface area contributed by atoms with Gasteiger partial charge in [-0.15, -0.1) is 12.4 Å². The molecule has 150 valence electrons. The van der Waals surface area contributed by atoms with Crippen LogP contribution in [0.2, 0.25) is 0 Å². The molecule has 0 amide bonds. The summed E-state index contributed by atoms with van der Waals surface area (Å²) < 4.78 is 0.264. The highest BCUT2D eigenvalue weighted by Crippen LogP contribution is 2.32. The normalized spacial score (nSPS) is 14.9. The van der Waals surface area contributed by atoms with E-state index >= 15 is 0 Å². The van der Waals surface area contributed by atoms with E-state index in [4.69, 9.17) is 0 Å². The number of hydrogen-bond donors (Lipinski definition) is 1. The highest BCUT2D eigenvalue weighted by molar-refractivity contribution is 9.10. The number of non-ortho nitro benzene ring substituents is 1. The molecule has 0 saturated carbocycles. The summed E-state index contributed by atoms with van der Waals surface area (Å²) in [7, 11) is 0. The smallest absolute Gasteiger partial charge is 0.271 e. The van der Waals surface area contributed by atoms with Gasteiger partial charge in [0.25, 0.3) is 5.69 Å². The molecule has 7 nitrogen and oxygen atoms in total. The molecule has 1 fully saturated rings. The maximum absolute atomic E-state index is 11.0. The fraction of sp³-hybridized carbons (Fsp3) is 0.316. The molecular weight excluding hydrogens is 448 g/mol. The number of nitro groups is 1. The molecule has 0 aliphatic carbocycles. The van der Waals surface area contributed by atoms with Crippen molar-refractivity contribution in [3.8, 4) is 5.75 Å². The molecule has 1 aliphatic rings. The molecule has 2 aromatic carbocycles. The highest BCUT2D eigenvalue weighted by Gasteiger charge is 2.16. The Kier molecular flexibility index (Phi) is 7.79. The molecule has 28 heavy (non-hydrogen) atoms. The predicted molar refractivity (Wildman–Crippen MR) is 118 cm³/mol. The zero-order valence-corrected chi connectivity index (χ0v) is 17.8. The quantitative estimate of drug-likeness (QED) is 0.399. The van der Waals surface area contributed by atoms with E-state index in [9.17, 15) is 15.2 Å². The van der Waals surface area contributed by atoms with Gasteiger partial charge in [0.1, 0.15) is 5.75 Å². The van der Waals surface area contributed by atoms with Gasteiger partial charge in [0.2, 0.25) is 0 Å². The lowest BCUT2D eigenvalue weighted by molar-refractivity contribution is -0.385. The van der Waals surface area contributed by atoms with Crippen LogP contribution in [0.4, 0.5) is 17.1 Å². The molecule has 0 bridgehead atoms. The molecule has 1 N–H and O–H groups in total. The van der Waals surface area contributed by atoms with E-state index in [1.807, 2.05) is 24.3 Å². The lowest BCUT2D eigenvalue weighted by Crippen LogP contribution is -2.46. The van der Waals surface area contributed by atoms with E-state index in [1.54, 1.807) is 0 Å². The Hall–Kier alpha value is -2.16. The topological polar surface area (TPSA) is 82.2 Å². The number of aliphatic imine (C=N–C) groups is 1. The number of phenols is 1. The van der Waals surface area contributed by atoms with Gasteiger partial charge in [-0.2, -0.15) is 0 Å². The minimum Gasteiger partial charge on any atom is -0.506 e. The Bertz CT molecular complexity index is 853. The third-order valence-electron chi connectivity index (χ3n) is 4.68. The summed E-state index contributed by atoms with van der Waals surface area (Å²) in [6.07, 6.45) is 1.43. The van der Waals surface area contributed by atoms with Crippen molar-refractivity contribution in [3.63, 3.8) is 0 Å². The van der Waals surface area contributed by atoms with Gasteiger partial charge >= 0.3 is 0 Å². The van der Waals surface area contributed by atoms with Crippen molar-refractivity contribution in [2.24, 2.45) is 4.99 Å². The van der Waals surface area contributed by atoms with E-state index < -0.39 is 4.92 Å². The number of phenolic OH excluding ortho intramolecular Hbond substituents is 1. The van der Waals surface area contributed by atoms with E-state index in [-0.39, 0.29) is 33.9 Å². The molecule has 9 heteroatoms. The zero-order valence-electron chi connectivity index (χ0n) is 15.4. The maximum Gasteiger partial charge on any atom is 0.271 e. The van der Waals surface area contributed by atoms with Crippen LogP contribution in [0.3, 0.4) is 0 Å². The Morgan fingerprint density at radius 1 is 1.21 bits per heavy atom. The predicted octanol–water partition coefficient (Wildman–Crippen LogP) is 4.38. The SMILES string of the molecule is CCN1CCN(c2ccc(N=Cc3cc([N+](=O)[O-])cc(Br)c3O)cc2)CC1.Cl. The first-order chi connectivity index (χ1) is 13.0. The van der Waals surface area contributed by atoms with E-state index in [1.165, 1.54) is 18.3 Å². The van der Waals surface area contributed by atoms with Crippen LogP contribution in [0.5, 0.6) is 5.75 Å². The Morgan fingerprint density at radius 2 is 1.86 bits per heavy atom. The van der Waals surface area contributed by atoms with Gasteiger partial charge in [-0.25, -0.2) is 0 Å². The van der Waals surface area contributed by atoms with Crippen molar-refractivity contribution in [2.45, 2.75) is 6.92 Å². The van der Waals surface area contributed by atoms with Crippen molar-refractivity contribution in [1.29, 1.82) is 0 Å². The van der Waals surface area contributed by atoms with E-state index in [2.05, 4.69) is 37.6 Å². The number of halogens is 2. The number of hydrogen-bond acceptors (Lipinski definition) is 6. The summed E-state index contributed by atoms with van der Waals surface area (Å²) in [6.45, 7) is 7.41. The number of piperazine rings is 1. The van der Waals surface area contributed by atoms with Crippen LogP contribution in [-0.4, -0.2) is 53.9 Å². The average molecular weight is 470 g/mol. The molecule has 0 unspecified atom stereocenters. The van der Waals surface area contributed by atoms with Crippen molar-refractivity contribution < 1.29 is 10.0 Å². The third kappa shape index (κ3) is 5.21. The lowest BCUT2D eigenvalue weighted by Gasteiger charge is -2.35. The van der Waals surface area contributed by atoms with Gasteiger partial charge in [0.05, 0.1) is 15.1 Å². The minimum absolute atomic E-state index is 0. The van der Waals surface area contributed by atoms with Crippen LogP contribution in [0.25, 0.3) is 0 Å². The molecule has 1 saturated heterocycles. The first-order valence-corrected chi connectivity index (χ1v) is 9.55. The summed E-state index contributed by atoms with van der Waals surface area (Å²) in [4.78, 5) is 19.6. The number of nitrogens with zero attached hydrogens (tertiary/aromatic N) is 4. The lowest BCUT2D eigenvalue weighted by atomic mass is 10.2. The molecule has 0 radical (unpaired) electrons. The van der Waals surface area contributed by atoms with Crippen molar-refractivity contribution in [3.05, 3.63) is 56.5 Å². The molecular formula is C19H22BrClN4O3. The van der Waals surface area contributed by atoms with Gasteiger partial charge in [0.15, 0.2) is 0 Å². The summed E-state index contributed by atoms with van der Waals surface area (Å²) >= 11 is 3.13. The first kappa shape index (κ1) is 22.1. The van der Waals surface area contributed by atoms with Crippen LogP contribution < -0.4 is 4.90 Å². The van der Waals surface area contributed by atoms with E-state index in [0.717, 1.165) is 38.4 Å². The average Bonchev–Trinajstić information content (AvgIpc) is 2.69. The van der Waals surface area contributed by atoms with Gasteiger partial charge < -0.3 is 14.9 Å².